The molecule has 0 aromatic heterocycles. The van der Waals surface area contributed by atoms with E-state index in [1.165, 1.54) is 11.5 Å². The third-order valence-electron chi connectivity index (χ3n) is 0.981. The normalized spacial score (nSPS) is 24.1. The van der Waals surface area contributed by atoms with E-state index >= 15 is 0 Å². The molecule has 1 aliphatic rings. The van der Waals surface area contributed by atoms with E-state index in [0.29, 0.717) is 15.8 Å². The summed E-state index contributed by atoms with van der Waals surface area (Å²) in [5, 5.41) is 0. The third-order valence-corrected chi connectivity index (χ3v) is 17.5. The van der Waals surface area contributed by atoms with Crippen molar-refractivity contribution in [1.82, 2.24) is 0 Å². The molecule has 8 heavy (non-hydrogen) atoms. The molecule has 1 heterocycles. The zero-order valence-corrected chi connectivity index (χ0v) is 10.3. The van der Waals surface area contributed by atoms with Gasteiger partial charge in [-0.25, -0.2) is 0 Å². The molecule has 0 aromatic carbocycles. The van der Waals surface area contributed by atoms with Crippen molar-refractivity contribution in [3.05, 3.63) is 0 Å². The van der Waals surface area contributed by atoms with Gasteiger partial charge < -0.3 is 0 Å². The molecular formula is C4H8I2S2. The van der Waals surface area contributed by atoms with Gasteiger partial charge >= 0.3 is 77.3 Å². The number of halogens is 2. The molecule has 0 radical (unpaired) electrons. The monoisotopic (exact) mass is 374 g/mol. The molecule has 0 N–H and O–H groups in total. The molecule has 0 bridgehead atoms. The minimum atomic E-state index is 0.571. The summed E-state index contributed by atoms with van der Waals surface area (Å²) in [4.78, 5) is 0. The Morgan fingerprint density at radius 1 is 1.38 bits per heavy atom. The van der Waals surface area contributed by atoms with Crippen LogP contribution in [0.15, 0.2) is 0 Å². The van der Waals surface area contributed by atoms with Crippen LogP contribution in [0.5, 0.6) is 0 Å². The van der Waals surface area contributed by atoms with Crippen molar-refractivity contribution in [1.29, 1.82) is 0 Å². The molecule has 0 nitrogen and oxygen atoms in total. The molecular weight excluding hydrogens is 366 g/mol. The van der Waals surface area contributed by atoms with Crippen molar-refractivity contribution in [3.63, 3.8) is 0 Å². The minimum absolute atomic E-state index is 0.571. The van der Waals surface area contributed by atoms with E-state index in [9.17, 15) is 0 Å². The van der Waals surface area contributed by atoms with Crippen molar-refractivity contribution >= 4 is 38.4 Å². The first-order valence-corrected chi connectivity index (χ1v) is 14.0. The van der Waals surface area contributed by atoms with Crippen molar-refractivity contribution in [2.24, 2.45) is 0 Å². The van der Waals surface area contributed by atoms with Gasteiger partial charge in [-0.1, -0.05) is 0 Å². The molecule has 0 aromatic rings. The topological polar surface area (TPSA) is 0 Å². The van der Waals surface area contributed by atoms with Gasteiger partial charge in [-0.05, 0) is 0 Å². The van der Waals surface area contributed by atoms with Crippen LogP contribution in [-0.4, -0.2) is 23.0 Å². The average Bonchev–Trinajstić information content (AvgIpc) is 1.90. The van der Waals surface area contributed by atoms with Crippen molar-refractivity contribution < 1.29 is 15.8 Å². The van der Waals surface area contributed by atoms with E-state index in [1.807, 2.05) is 0 Å². The maximum absolute atomic E-state index is 2.62. The molecule has 1 saturated heterocycles. The predicted octanol–water partition coefficient (Wildman–Crippen LogP) is -1.29. The van der Waals surface area contributed by atoms with E-state index in [2.05, 4.69) is 30.4 Å². The molecule has 0 saturated carbocycles. The summed E-state index contributed by atoms with van der Waals surface area (Å²) in [7, 11) is 0.924. The van der Waals surface area contributed by atoms with Crippen LogP contribution in [0, 0.1) is 0 Å². The average molecular weight is 374 g/mol. The van der Waals surface area contributed by atoms with Gasteiger partial charge in [0.1, 0.15) is 0 Å². The number of rotatable bonds is 1. The second-order valence-electron chi connectivity index (χ2n) is 1.50. The van der Waals surface area contributed by atoms with Crippen LogP contribution in [0.2, 0.25) is 0 Å². The Bertz CT molecular complexity index is 63.1. The molecule has 4 heteroatoms. The van der Waals surface area contributed by atoms with Gasteiger partial charge in [0, 0.05) is 0 Å². The molecule has 1 fully saturated rings. The second-order valence-corrected chi connectivity index (χ2v) is 15.9. The van der Waals surface area contributed by atoms with Crippen molar-refractivity contribution in [2.75, 3.05) is 23.0 Å². The molecule has 1 aliphatic heterocycles. The van der Waals surface area contributed by atoms with Crippen LogP contribution >= 0.6 is 30.4 Å². The Kier molecular flexibility index (Phi) is 5.06. The number of hydrogen-bond acceptors (Lipinski definition) is 1. The van der Waals surface area contributed by atoms with E-state index in [0.717, 1.165) is 8.07 Å². The molecule has 0 aliphatic carbocycles. The zero-order valence-electron chi connectivity index (χ0n) is 4.40. The van der Waals surface area contributed by atoms with Gasteiger partial charge in [0.15, 0.2) is 0 Å². The Hall–Kier alpha value is 2.16. The van der Waals surface area contributed by atoms with Crippen LogP contribution in [0.25, 0.3) is 0 Å². The molecule has 0 spiro atoms. The Labute approximate surface area is 76.2 Å². The molecule has 50 valence electrons. The summed E-state index contributed by atoms with van der Waals surface area (Å²) in [6, 6.07) is 0. The van der Waals surface area contributed by atoms with Gasteiger partial charge in [0.25, 0.3) is 0 Å². The first-order chi connectivity index (χ1) is 3.93. The quantitative estimate of drug-likeness (QED) is 0.407. The summed E-state index contributed by atoms with van der Waals surface area (Å²) in [6.45, 7) is 0. The van der Waals surface area contributed by atoms with Crippen LogP contribution in [0.3, 0.4) is 0 Å². The number of hydrogen-bond donors (Lipinski definition) is 0. The van der Waals surface area contributed by atoms with Gasteiger partial charge in [-0.2, -0.15) is 0 Å². The third kappa shape index (κ3) is 2.83. The van der Waals surface area contributed by atoms with Gasteiger partial charge in [-0.15, -0.1) is 0 Å². The Balaban J connectivity index is 2.13. The van der Waals surface area contributed by atoms with Gasteiger partial charge in [-0.3, -0.25) is 0 Å². The van der Waals surface area contributed by atoms with Crippen LogP contribution < -0.4 is 15.8 Å². The SMILES string of the molecule is I[I-][S+]1CCSCC1. The Morgan fingerprint density at radius 3 is 2.38 bits per heavy atom. The summed E-state index contributed by atoms with van der Waals surface area (Å²) in [5.41, 5.74) is 0. The van der Waals surface area contributed by atoms with Gasteiger partial charge in [0.05, 0.1) is 0 Å². The fourth-order valence-electron chi connectivity index (χ4n) is 0.561. The molecule has 1 rings (SSSR count). The zero-order chi connectivity index (χ0) is 5.82. The molecule has 0 amide bonds. The predicted molar refractivity (Wildman–Crippen MR) is 48.4 cm³/mol. The van der Waals surface area contributed by atoms with Crippen LogP contribution in [0.1, 0.15) is 0 Å². The first kappa shape index (κ1) is 8.26. The fraction of sp³-hybridized carbons (Fsp3) is 1.00. The van der Waals surface area contributed by atoms with E-state index < -0.39 is 0 Å². The van der Waals surface area contributed by atoms with E-state index in [-0.39, 0.29) is 0 Å². The summed E-state index contributed by atoms with van der Waals surface area (Å²) >= 11 is 5.33. The van der Waals surface area contributed by atoms with Crippen molar-refractivity contribution in [2.45, 2.75) is 0 Å². The van der Waals surface area contributed by atoms with Crippen molar-refractivity contribution in [3.8, 4) is 0 Å². The first-order valence-electron chi connectivity index (χ1n) is 2.45. The fourth-order valence-corrected chi connectivity index (χ4v) is 14.4. The second kappa shape index (κ2) is 4.90. The summed E-state index contributed by atoms with van der Waals surface area (Å²) in [6.07, 6.45) is 0. The summed E-state index contributed by atoms with van der Waals surface area (Å²) in [5.74, 6) is 5.99. The number of thioether (sulfide) groups is 1. The Morgan fingerprint density at radius 2 is 2.00 bits per heavy atom. The summed E-state index contributed by atoms with van der Waals surface area (Å²) < 4.78 is 0. The molecule has 0 unspecified atom stereocenters. The van der Waals surface area contributed by atoms with E-state index in [4.69, 9.17) is 0 Å². The van der Waals surface area contributed by atoms with Crippen LogP contribution in [-0.2, 0) is 8.07 Å². The maximum atomic E-state index is 2.62. The van der Waals surface area contributed by atoms with Gasteiger partial charge in [0.2, 0.25) is 0 Å². The van der Waals surface area contributed by atoms with Crippen LogP contribution in [0.4, 0.5) is 0 Å². The molecule has 0 atom stereocenters. The standard InChI is InChI=1S/C4H8I2S2/c5-6-8-3-1-7-2-4-8/h1-4H2. The van der Waals surface area contributed by atoms with E-state index in [1.54, 1.807) is 11.5 Å².